The van der Waals surface area contributed by atoms with E-state index in [0.717, 1.165) is 55.6 Å². The van der Waals surface area contributed by atoms with Gasteiger partial charge in [0.15, 0.2) is 0 Å². The molecule has 3 heterocycles. The third-order valence-electron chi connectivity index (χ3n) is 9.98. The molecule has 4 heteroatoms. The Balaban J connectivity index is 1.23. The van der Waals surface area contributed by atoms with Crippen molar-refractivity contribution in [2.45, 2.75) is 13.8 Å². The molecule has 51 heavy (non-hydrogen) atoms. The van der Waals surface area contributed by atoms with E-state index in [9.17, 15) is 0 Å². The summed E-state index contributed by atoms with van der Waals surface area (Å²) in [6.45, 7) is 4.29. The second-order valence-corrected chi connectivity index (χ2v) is 14.3. The fourth-order valence-corrected chi connectivity index (χ4v) is 8.49. The molecule has 10 rings (SSSR count). The lowest BCUT2D eigenvalue weighted by molar-refractivity contribution is 0.668. The van der Waals surface area contributed by atoms with Crippen LogP contribution in [-0.4, -0.2) is 9.55 Å². The Bertz CT molecular complexity index is 2870. The molecule has 0 aliphatic rings. The van der Waals surface area contributed by atoms with Crippen LogP contribution in [0, 0.1) is 13.8 Å². The number of aromatic nitrogens is 2. The molecule has 0 aliphatic carbocycles. The number of nitrogens with zero attached hydrogens (tertiary/aromatic N) is 2. The standard InChI is InChI=1S/C47H32N2OS/c1-29-17-20-35-38-26-33(18-21-43(38)50-44(35)25-29)34-19-22-45-39(27-34)40(28-51-45)47-48-41-15-9-10-16-42(41)49(47)46-36(31-11-5-3-6-12-31)23-30(2)24-37(46)32-13-7-4-8-14-32/h3-28H,1-2H3. The van der Waals surface area contributed by atoms with E-state index < -0.39 is 0 Å². The number of benzene rings is 7. The maximum absolute atomic E-state index is 6.22. The van der Waals surface area contributed by atoms with Crippen molar-refractivity contribution in [3.05, 3.63) is 168 Å². The summed E-state index contributed by atoms with van der Waals surface area (Å²) in [6.07, 6.45) is 0. The molecule has 0 unspecified atom stereocenters. The minimum absolute atomic E-state index is 0.909. The zero-order valence-electron chi connectivity index (χ0n) is 28.2. The number of furan rings is 1. The van der Waals surface area contributed by atoms with Gasteiger partial charge in [0.2, 0.25) is 0 Å². The van der Waals surface area contributed by atoms with Crippen molar-refractivity contribution in [3.63, 3.8) is 0 Å². The van der Waals surface area contributed by atoms with Gasteiger partial charge in [0.1, 0.15) is 17.0 Å². The number of rotatable bonds is 5. The van der Waals surface area contributed by atoms with Gasteiger partial charge >= 0.3 is 0 Å². The summed E-state index contributed by atoms with van der Waals surface area (Å²) in [4.78, 5) is 5.41. The van der Waals surface area contributed by atoms with Crippen molar-refractivity contribution < 1.29 is 4.42 Å². The third kappa shape index (κ3) is 4.91. The van der Waals surface area contributed by atoms with Crippen molar-refractivity contribution in [3.8, 4) is 50.5 Å². The smallest absolute Gasteiger partial charge is 0.147 e. The average Bonchev–Trinajstić information content (AvgIpc) is 3.87. The van der Waals surface area contributed by atoms with Crippen LogP contribution < -0.4 is 0 Å². The Morgan fingerprint density at radius 2 is 1.18 bits per heavy atom. The first-order valence-electron chi connectivity index (χ1n) is 17.3. The predicted octanol–water partition coefficient (Wildman–Crippen LogP) is 13.4. The largest absolute Gasteiger partial charge is 0.456 e. The SMILES string of the molecule is Cc1cc(-c2ccccc2)c(-n2c(-c3csc4ccc(-c5ccc6oc7cc(C)ccc7c6c5)cc34)nc3ccccc32)c(-c2ccccc2)c1. The van der Waals surface area contributed by atoms with Gasteiger partial charge < -0.3 is 4.42 Å². The van der Waals surface area contributed by atoms with E-state index in [0.29, 0.717) is 0 Å². The van der Waals surface area contributed by atoms with Crippen molar-refractivity contribution in [2.24, 2.45) is 0 Å². The lowest BCUT2D eigenvalue weighted by Crippen LogP contribution is -2.03. The molecule has 0 fully saturated rings. The fraction of sp³-hybridized carbons (Fsp3) is 0.0426. The average molecular weight is 673 g/mol. The summed E-state index contributed by atoms with van der Waals surface area (Å²) >= 11 is 1.77. The van der Waals surface area contributed by atoms with E-state index in [4.69, 9.17) is 9.40 Å². The molecule has 10 aromatic rings. The molecule has 0 amide bonds. The van der Waals surface area contributed by atoms with Gasteiger partial charge in [-0.05, 0) is 102 Å². The van der Waals surface area contributed by atoms with Gasteiger partial charge in [0, 0.05) is 42.9 Å². The van der Waals surface area contributed by atoms with E-state index >= 15 is 0 Å². The Hall–Kier alpha value is -6.23. The number of hydrogen-bond acceptors (Lipinski definition) is 3. The van der Waals surface area contributed by atoms with Gasteiger partial charge in [-0.25, -0.2) is 4.98 Å². The quantitative estimate of drug-likeness (QED) is 0.182. The molecule has 0 spiro atoms. The van der Waals surface area contributed by atoms with Crippen LogP contribution in [-0.2, 0) is 0 Å². The highest BCUT2D eigenvalue weighted by Gasteiger charge is 2.23. The van der Waals surface area contributed by atoms with Crippen LogP contribution in [0.3, 0.4) is 0 Å². The van der Waals surface area contributed by atoms with Crippen LogP contribution in [0.5, 0.6) is 0 Å². The Labute approximate surface area is 299 Å². The first-order chi connectivity index (χ1) is 25.1. The lowest BCUT2D eigenvalue weighted by atomic mass is 9.93. The van der Waals surface area contributed by atoms with Gasteiger partial charge in [-0.1, -0.05) is 97.1 Å². The summed E-state index contributed by atoms with van der Waals surface area (Å²) in [5.74, 6) is 0.935. The minimum Gasteiger partial charge on any atom is -0.456 e. The Morgan fingerprint density at radius 3 is 1.92 bits per heavy atom. The molecular formula is C47H32N2OS. The number of hydrogen-bond donors (Lipinski definition) is 0. The first kappa shape index (κ1) is 29.7. The lowest BCUT2D eigenvalue weighted by Gasteiger charge is -2.20. The second-order valence-electron chi connectivity index (χ2n) is 13.4. The van der Waals surface area contributed by atoms with Gasteiger partial charge in [-0.2, -0.15) is 0 Å². The summed E-state index contributed by atoms with van der Waals surface area (Å²) < 4.78 is 9.86. The minimum atomic E-state index is 0.909. The van der Waals surface area contributed by atoms with E-state index in [1.54, 1.807) is 11.3 Å². The maximum Gasteiger partial charge on any atom is 0.147 e. The summed E-state index contributed by atoms with van der Waals surface area (Å²) in [5, 5.41) is 5.75. The van der Waals surface area contributed by atoms with E-state index in [1.165, 1.54) is 49.0 Å². The van der Waals surface area contributed by atoms with E-state index in [2.05, 4.69) is 175 Å². The first-order valence-corrected chi connectivity index (χ1v) is 18.2. The molecule has 0 N–H and O–H groups in total. The molecule has 0 saturated heterocycles. The van der Waals surface area contributed by atoms with Crippen LogP contribution >= 0.6 is 11.3 Å². The molecule has 0 aliphatic heterocycles. The number of thiophene rings is 1. The molecule has 7 aromatic carbocycles. The molecular weight excluding hydrogens is 641 g/mol. The zero-order valence-corrected chi connectivity index (χ0v) is 29.0. The summed E-state index contributed by atoms with van der Waals surface area (Å²) in [6, 6.07) is 54.4. The van der Waals surface area contributed by atoms with Gasteiger partial charge in [0.05, 0.1) is 16.7 Å². The van der Waals surface area contributed by atoms with Crippen LogP contribution in [0.2, 0.25) is 0 Å². The monoisotopic (exact) mass is 672 g/mol. The summed E-state index contributed by atoms with van der Waals surface area (Å²) in [5.41, 5.74) is 15.6. The molecule has 242 valence electrons. The molecule has 0 radical (unpaired) electrons. The van der Waals surface area contributed by atoms with Crippen LogP contribution in [0.15, 0.2) is 161 Å². The third-order valence-corrected chi connectivity index (χ3v) is 10.9. The highest BCUT2D eigenvalue weighted by atomic mass is 32.1. The highest BCUT2D eigenvalue weighted by Crippen LogP contribution is 2.44. The zero-order chi connectivity index (χ0) is 34.1. The van der Waals surface area contributed by atoms with Gasteiger partial charge in [-0.15, -0.1) is 11.3 Å². The number of aryl methyl sites for hydroxylation is 2. The number of fused-ring (bicyclic) bond motifs is 5. The highest BCUT2D eigenvalue weighted by molar-refractivity contribution is 7.17. The fourth-order valence-electron chi connectivity index (χ4n) is 7.57. The van der Waals surface area contributed by atoms with Crippen molar-refractivity contribution in [1.82, 2.24) is 9.55 Å². The van der Waals surface area contributed by atoms with Gasteiger partial charge in [-0.3, -0.25) is 4.57 Å². The topological polar surface area (TPSA) is 31.0 Å². The molecule has 3 aromatic heterocycles. The van der Waals surface area contributed by atoms with Crippen LogP contribution in [0.1, 0.15) is 11.1 Å². The van der Waals surface area contributed by atoms with Crippen molar-refractivity contribution in [1.29, 1.82) is 0 Å². The van der Waals surface area contributed by atoms with Gasteiger partial charge in [0.25, 0.3) is 0 Å². The van der Waals surface area contributed by atoms with Crippen LogP contribution in [0.25, 0.3) is 93.5 Å². The second kappa shape index (κ2) is 11.7. The molecule has 0 bridgehead atoms. The van der Waals surface area contributed by atoms with Crippen molar-refractivity contribution in [2.75, 3.05) is 0 Å². The number of imidazole rings is 1. The molecule has 0 saturated carbocycles. The Morgan fingerprint density at radius 1 is 0.510 bits per heavy atom. The number of para-hydroxylation sites is 2. The predicted molar refractivity (Wildman–Crippen MR) is 215 cm³/mol. The summed E-state index contributed by atoms with van der Waals surface area (Å²) in [7, 11) is 0. The Kier molecular flexibility index (Phi) is 6.80. The van der Waals surface area contributed by atoms with Crippen molar-refractivity contribution >= 4 is 54.4 Å². The van der Waals surface area contributed by atoms with E-state index in [1.807, 2.05) is 0 Å². The maximum atomic E-state index is 6.22. The van der Waals surface area contributed by atoms with E-state index in [-0.39, 0.29) is 0 Å². The molecule has 3 nitrogen and oxygen atoms in total. The van der Waals surface area contributed by atoms with Crippen LogP contribution in [0.4, 0.5) is 0 Å². The molecule has 0 atom stereocenters. The normalized spacial score (nSPS) is 11.7.